The third-order valence-electron chi connectivity index (χ3n) is 10.1. The van der Waals surface area contributed by atoms with Gasteiger partial charge in [0, 0.05) is 11.5 Å². The van der Waals surface area contributed by atoms with Gasteiger partial charge in [-0.1, -0.05) is 61.0 Å². The monoisotopic (exact) mass is 553 g/mol. The van der Waals surface area contributed by atoms with E-state index in [1.54, 1.807) is 5.57 Å². The van der Waals surface area contributed by atoms with E-state index in [2.05, 4.69) is 83.5 Å². The van der Waals surface area contributed by atoms with Gasteiger partial charge in [-0.2, -0.15) is 0 Å². The Labute approximate surface area is 233 Å². The van der Waals surface area contributed by atoms with Crippen molar-refractivity contribution in [2.75, 3.05) is 0 Å². The molecule has 4 nitrogen and oxygen atoms in total. The fraction of sp³-hybridized carbons (Fsp3) is 0.719. The summed E-state index contributed by atoms with van der Waals surface area (Å²) in [6, 6.07) is 10.4. The van der Waals surface area contributed by atoms with E-state index in [1.165, 1.54) is 32.1 Å². The Bertz CT molecular complexity index is 1060. The van der Waals surface area contributed by atoms with Crippen LogP contribution in [0.15, 0.2) is 47.1 Å². The highest BCUT2D eigenvalue weighted by Gasteiger charge is 2.61. The third kappa shape index (κ3) is 5.66. The van der Waals surface area contributed by atoms with Crippen LogP contribution in [0.2, 0.25) is 39.3 Å². The van der Waals surface area contributed by atoms with Gasteiger partial charge in [0.1, 0.15) is 6.61 Å². The standard InChI is InChI=1S/C32H51NO3Si2/c1-31-18-16-25(35-37(3,4)5)20-24(31)14-15-26-27(31)17-19-32(2)28(26)21-29(30(32)36-38(6,7)8)33-34-22-23-12-10-9-11-13-23/h9-14,25-28,30H,15-22H2,1-8H3/b33-29+/t25-,26+,27-,28-,30-,31-,32-/m0/s1. The van der Waals surface area contributed by atoms with Gasteiger partial charge in [0.05, 0.1) is 11.8 Å². The van der Waals surface area contributed by atoms with Crippen molar-refractivity contribution in [3.63, 3.8) is 0 Å². The average molecular weight is 554 g/mol. The highest BCUT2D eigenvalue weighted by Crippen LogP contribution is 2.65. The second kappa shape index (κ2) is 10.3. The van der Waals surface area contributed by atoms with E-state index < -0.39 is 16.6 Å². The molecule has 0 aromatic heterocycles. The Hall–Kier alpha value is -1.22. The van der Waals surface area contributed by atoms with Crippen molar-refractivity contribution in [1.82, 2.24) is 0 Å². The van der Waals surface area contributed by atoms with Gasteiger partial charge in [-0.15, -0.1) is 0 Å². The molecule has 0 aliphatic heterocycles. The minimum Gasteiger partial charge on any atom is -0.414 e. The van der Waals surface area contributed by atoms with E-state index in [9.17, 15) is 0 Å². The maximum Gasteiger partial charge on any atom is 0.184 e. The number of benzene rings is 1. The first kappa shape index (κ1) is 28.3. The molecule has 7 atom stereocenters. The predicted molar refractivity (Wildman–Crippen MR) is 162 cm³/mol. The van der Waals surface area contributed by atoms with Crippen molar-refractivity contribution >= 4 is 22.3 Å². The highest BCUT2D eigenvalue weighted by atomic mass is 28.4. The number of hydrogen-bond acceptors (Lipinski definition) is 4. The second-order valence-electron chi connectivity index (χ2n) is 15.1. The van der Waals surface area contributed by atoms with Crippen LogP contribution in [0, 0.1) is 28.6 Å². The molecule has 1 aromatic carbocycles. The number of fused-ring (bicyclic) bond motifs is 5. The smallest absolute Gasteiger partial charge is 0.184 e. The zero-order chi connectivity index (χ0) is 27.3. The molecule has 0 N–H and O–H groups in total. The molecule has 1 aromatic rings. The SMILES string of the molecule is C[C@]12CC[C@H]3[C@@H](CC=C4C[C@@H](O[Si](C)(C)C)CC[C@@]43C)[C@@H]1C/C(=N\OCc1ccccc1)[C@@H]2O[Si](C)(C)C. The molecule has 0 spiro atoms. The van der Waals surface area contributed by atoms with Crippen molar-refractivity contribution in [3.05, 3.63) is 47.5 Å². The predicted octanol–water partition coefficient (Wildman–Crippen LogP) is 8.57. The molecule has 38 heavy (non-hydrogen) atoms. The maximum atomic E-state index is 6.96. The molecule has 0 saturated heterocycles. The first-order valence-corrected chi connectivity index (χ1v) is 21.9. The summed E-state index contributed by atoms with van der Waals surface area (Å²) < 4.78 is 13.6. The first-order chi connectivity index (χ1) is 17.8. The zero-order valence-corrected chi connectivity index (χ0v) is 27.2. The fourth-order valence-electron chi connectivity index (χ4n) is 8.40. The van der Waals surface area contributed by atoms with Gasteiger partial charge in [-0.3, -0.25) is 0 Å². The van der Waals surface area contributed by atoms with Gasteiger partial charge in [0.15, 0.2) is 16.6 Å². The molecule has 3 saturated carbocycles. The summed E-state index contributed by atoms with van der Waals surface area (Å²) in [5.41, 5.74) is 4.47. The molecule has 0 amide bonds. The van der Waals surface area contributed by atoms with E-state index in [4.69, 9.17) is 18.8 Å². The fourth-order valence-corrected chi connectivity index (χ4v) is 10.7. The summed E-state index contributed by atoms with van der Waals surface area (Å²) >= 11 is 0. The Kier molecular flexibility index (Phi) is 7.69. The number of allylic oxidation sites excluding steroid dienone is 1. The van der Waals surface area contributed by atoms with Crippen LogP contribution in [0.25, 0.3) is 0 Å². The lowest BCUT2D eigenvalue weighted by Crippen LogP contribution is -2.53. The minimum absolute atomic E-state index is 0.0787. The third-order valence-corrected chi connectivity index (χ3v) is 12.1. The molecule has 3 fully saturated rings. The van der Waals surface area contributed by atoms with Gasteiger partial charge in [-0.05, 0) is 113 Å². The van der Waals surface area contributed by atoms with Gasteiger partial charge >= 0.3 is 0 Å². The van der Waals surface area contributed by atoms with Crippen molar-refractivity contribution < 1.29 is 13.7 Å². The number of oxime groups is 1. The molecule has 6 heteroatoms. The molecule has 210 valence electrons. The van der Waals surface area contributed by atoms with Crippen LogP contribution in [0.1, 0.15) is 64.4 Å². The van der Waals surface area contributed by atoms with Gasteiger partial charge in [0.25, 0.3) is 0 Å². The van der Waals surface area contributed by atoms with Crippen molar-refractivity contribution in [3.8, 4) is 0 Å². The van der Waals surface area contributed by atoms with E-state index in [0.29, 0.717) is 30.0 Å². The summed E-state index contributed by atoms with van der Waals surface area (Å²) in [5.74, 6) is 2.06. The number of rotatable bonds is 7. The van der Waals surface area contributed by atoms with Gasteiger partial charge in [0.2, 0.25) is 0 Å². The summed E-state index contributed by atoms with van der Waals surface area (Å²) in [6.45, 7) is 19.6. The largest absolute Gasteiger partial charge is 0.414 e. The van der Waals surface area contributed by atoms with Crippen LogP contribution in [0.4, 0.5) is 0 Å². The van der Waals surface area contributed by atoms with Crippen molar-refractivity contribution in [2.24, 2.45) is 33.7 Å². The Balaban J connectivity index is 1.38. The maximum absolute atomic E-state index is 6.96. The summed E-state index contributed by atoms with van der Waals surface area (Å²) in [5, 5.41) is 4.82. The lowest BCUT2D eigenvalue weighted by atomic mass is 9.48. The van der Waals surface area contributed by atoms with Crippen molar-refractivity contribution in [2.45, 2.75) is 117 Å². The van der Waals surface area contributed by atoms with Crippen molar-refractivity contribution in [1.29, 1.82) is 0 Å². The second-order valence-corrected chi connectivity index (χ2v) is 24.0. The summed E-state index contributed by atoms with van der Waals surface area (Å²) in [7, 11) is -3.28. The van der Waals surface area contributed by atoms with Crippen LogP contribution in [0.5, 0.6) is 0 Å². The Morgan fingerprint density at radius 2 is 1.58 bits per heavy atom. The number of hydrogen-bond donors (Lipinski definition) is 0. The summed E-state index contributed by atoms with van der Waals surface area (Å²) in [4.78, 5) is 5.99. The topological polar surface area (TPSA) is 40.0 Å². The minimum atomic E-state index is -1.76. The molecule has 5 rings (SSSR count). The first-order valence-electron chi connectivity index (χ1n) is 15.1. The molecule has 0 radical (unpaired) electrons. The van der Waals surface area contributed by atoms with E-state index in [-0.39, 0.29) is 11.5 Å². The van der Waals surface area contributed by atoms with E-state index in [0.717, 1.165) is 30.0 Å². The average Bonchev–Trinajstić information content (AvgIpc) is 3.09. The number of nitrogens with zero attached hydrogens (tertiary/aromatic N) is 1. The van der Waals surface area contributed by atoms with Gasteiger partial charge in [-0.25, -0.2) is 0 Å². The van der Waals surface area contributed by atoms with E-state index >= 15 is 0 Å². The van der Waals surface area contributed by atoms with Crippen LogP contribution < -0.4 is 0 Å². The summed E-state index contributed by atoms with van der Waals surface area (Å²) in [6.07, 6.45) is 11.5. The molecule has 0 unspecified atom stereocenters. The van der Waals surface area contributed by atoms with Gasteiger partial charge < -0.3 is 13.7 Å². The van der Waals surface area contributed by atoms with Crippen LogP contribution in [-0.2, 0) is 20.3 Å². The molecular formula is C32H51NO3Si2. The molecule has 0 bridgehead atoms. The van der Waals surface area contributed by atoms with Crippen LogP contribution >= 0.6 is 0 Å². The molecule has 4 aliphatic carbocycles. The Morgan fingerprint density at radius 3 is 2.26 bits per heavy atom. The lowest BCUT2D eigenvalue weighted by molar-refractivity contribution is -0.0627. The molecule has 4 aliphatic rings. The molecular weight excluding hydrogens is 503 g/mol. The van der Waals surface area contributed by atoms with Crippen LogP contribution in [-0.4, -0.2) is 34.6 Å². The molecule has 0 heterocycles. The van der Waals surface area contributed by atoms with E-state index in [1.807, 2.05) is 6.07 Å². The highest BCUT2D eigenvalue weighted by molar-refractivity contribution is 6.70. The Morgan fingerprint density at radius 1 is 0.868 bits per heavy atom. The normalized spacial score (nSPS) is 38.3. The zero-order valence-electron chi connectivity index (χ0n) is 25.2. The lowest BCUT2D eigenvalue weighted by Gasteiger charge is -2.58. The quantitative estimate of drug-likeness (QED) is 0.193. The van der Waals surface area contributed by atoms with Crippen LogP contribution in [0.3, 0.4) is 0 Å².